The average molecular weight is 406 g/mol. The van der Waals surface area contributed by atoms with Gasteiger partial charge in [-0.15, -0.1) is 0 Å². The summed E-state index contributed by atoms with van der Waals surface area (Å²) < 4.78 is 21.7. The van der Waals surface area contributed by atoms with Crippen LogP contribution < -0.4 is 0 Å². The minimum Gasteiger partial charge on any atom is -0.472 e. The van der Waals surface area contributed by atoms with Gasteiger partial charge in [0, 0.05) is 13.3 Å². The van der Waals surface area contributed by atoms with Gasteiger partial charge in [0.25, 0.3) is 0 Å². The SMILES string of the molecule is CC(=O)O[C@@]1(C)C[C@@H](O)[C@]2(O)C=CO[C@@H](OC3O[C@H](CO)[C@@H](O)[C@H](O)[C@H]3O)[C@@H]21. The molecule has 3 aliphatic rings. The topological polar surface area (TPSA) is 175 Å². The maximum Gasteiger partial charge on any atom is 0.303 e. The number of hydrogen-bond acceptors (Lipinski definition) is 11. The Labute approximate surface area is 160 Å². The van der Waals surface area contributed by atoms with Crippen LogP contribution in [-0.2, 0) is 23.7 Å². The number of carbonyl (C=O) groups is 1. The fourth-order valence-corrected chi connectivity index (χ4v) is 4.25. The smallest absolute Gasteiger partial charge is 0.303 e. The van der Waals surface area contributed by atoms with Crippen LogP contribution in [0.25, 0.3) is 0 Å². The van der Waals surface area contributed by atoms with Crippen molar-refractivity contribution in [2.45, 2.75) is 74.6 Å². The van der Waals surface area contributed by atoms with E-state index in [2.05, 4.69) is 0 Å². The van der Waals surface area contributed by atoms with Crippen LogP contribution in [0.5, 0.6) is 0 Å². The van der Waals surface area contributed by atoms with Crippen molar-refractivity contribution in [1.82, 2.24) is 0 Å². The Morgan fingerprint density at radius 3 is 2.46 bits per heavy atom. The van der Waals surface area contributed by atoms with E-state index in [4.69, 9.17) is 18.9 Å². The number of fused-ring (bicyclic) bond motifs is 1. The quantitative estimate of drug-likeness (QED) is 0.264. The molecule has 0 spiro atoms. The van der Waals surface area contributed by atoms with E-state index in [1.165, 1.54) is 19.9 Å². The third kappa shape index (κ3) is 3.42. The predicted molar refractivity (Wildman–Crippen MR) is 88.1 cm³/mol. The molecule has 0 radical (unpaired) electrons. The molecule has 0 aromatic rings. The number of esters is 1. The molecule has 2 heterocycles. The second kappa shape index (κ2) is 7.50. The average Bonchev–Trinajstić information content (AvgIpc) is 2.81. The molecule has 6 N–H and O–H groups in total. The van der Waals surface area contributed by atoms with Crippen LogP contribution in [0.1, 0.15) is 20.3 Å². The first kappa shape index (κ1) is 21.4. The summed E-state index contributed by atoms with van der Waals surface area (Å²) in [4.78, 5) is 11.6. The van der Waals surface area contributed by atoms with Gasteiger partial charge in [-0.1, -0.05) is 0 Å². The van der Waals surface area contributed by atoms with Gasteiger partial charge < -0.3 is 49.6 Å². The Morgan fingerprint density at radius 1 is 1.18 bits per heavy atom. The first-order valence-corrected chi connectivity index (χ1v) is 8.92. The van der Waals surface area contributed by atoms with Gasteiger partial charge in [0.1, 0.15) is 35.6 Å². The van der Waals surface area contributed by atoms with Crippen molar-refractivity contribution < 1.29 is 54.4 Å². The Kier molecular flexibility index (Phi) is 5.73. The van der Waals surface area contributed by atoms with Crippen molar-refractivity contribution in [2.75, 3.05) is 6.61 Å². The number of aliphatic hydroxyl groups excluding tert-OH is 5. The van der Waals surface area contributed by atoms with Crippen LogP contribution in [0.2, 0.25) is 0 Å². The van der Waals surface area contributed by atoms with Crippen LogP contribution in [0.15, 0.2) is 12.3 Å². The zero-order valence-electron chi connectivity index (χ0n) is 15.4. The lowest BCUT2D eigenvalue weighted by Gasteiger charge is -2.45. The number of aliphatic hydroxyl groups is 6. The first-order valence-electron chi connectivity index (χ1n) is 8.92. The Bertz CT molecular complexity index is 624. The van der Waals surface area contributed by atoms with Gasteiger partial charge in [0.05, 0.1) is 24.9 Å². The Morgan fingerprint density at radius 2 is 1.86 bits per heavy atom. The van der Waals surface area contributed by atoms with E-state index in [1.54, 1.807) is 0 Å². The zero-order chi connectivity index (χ0) is 20.9. The molecule has 10 atom stereocenters. The molecule has 2 aliphatic heterocycles. The van der Waals surface area contributed by atoms with Gasteiger partial charge in [-0.2, -0.15) is 0 Å². The lowest BCUT2D eigenvalue weighted by Crippen LogP contribution is -2.62. The van der Waals surface area contributed by atoms with Crippen LogP contribution >= 0.6 is 0 Å². The van der Waals surface area contributed by atoms with E-state index >= 15 is 0 Å². The number of rotatable bonds is 4. The van der Waals surface area contributed by atoms with E-state index in [9.17, 15) is 35.4 Å². The summed E-state index contributed by atoms with van der Waals surface area (Å²) in [5.74, 6) is -1.74. The summed E-state index contributed by atoms with van der Waals surface area (Å²) in [6, 6.07) is 0. The number of ether oxygens (including phenoxy) is 4. The molecule has 1 saturated carbocycles. The van der Waals surface area contributed by atoms with Gasteiger partial charge in [0.15, 0.2) is 6.29 Å². The van der Waals surface area contributed by atoms with Crippen molar-refractivity contribution in [1.29, 1.82) is 0 Å². The van der Waals surface area contributed by atoms with Crippen LogP contribution in [0.3, 0.4) is 0 Å². The summed E-state index contributed by atoms with van der Waals surface area (Å²) in [6.07, 6.45) is -8.06. The van der Waals surface area contributed by atoms with Crippen LogP contribution in [0, 0.1) is 5.92 Å². The van der Waals surface area contributed by atoms with Gasteiger partial charge in [0.2, 0.25) is 6.29 Å². The second-order valence-electron chi connectivity index (χ2n) is 7.63. The maximum atomic E-state index is 11.6. The van der Waals surface area contributed by atoms with Gasteiger partial charge >= 0.3 is 5.97 Å². The van der Waals surface area contributed by atoms with Crippen molar-refractivity contribution in [3.63, 3.8) is 0 Å². The molecule has 0 bridgehead atoms. The van der Waals surface area contributed by atoms with E-state index in [0.717, 1.165) is 6.26 Å². The highest BCUT2D eigenvalue weighted by atomic mass is 16.8. The molecular weight excluding hydrogens is 380 g/mol. The molecule has 1 unspecified atom stereocenters. The normalized spacial score (nSPS) is 50.7. The molecule has 11 nitrogen and oxygen atoms in total. The third-order valence-electron chi connectivity index (χ3n) is 5.60. The molecule has 28 heavy (non-hydrogen) atoms. The standard InChI is InChI=1S/C17H26O11/c1-7(19)28-16(2)5-9(20)17(24)3-4-25-15(13(16)17)27-14-12(23)11(22)10(21)8(6-18)26-14/h3-4,8-15,18,20-24H,5-6H2,1-2H3/t8-,9-,10-,11+,12-,13-,14?,15+,16+,17-/m1/s1. The molecule has 1 aliphatic carbocycles. The van der Waals surface area contributed by atoms with Crippen molar-refractivity contribution in [3.8, 4) is 0 Å². The van der Waals surface area contributed by atoms with Crippen molar-refractivity contribution in [2.24, 2.45) is 5.92 Å². The lowest BCUT2D eigenvalue weighted by molar-refractivity contribution is -0.351. The molecule has 11 heteroatoms. The zero-order valence-corrected chi connectivity index (χ0v) is 15.4. The van der Waals surface area contributed by atoms with Crippen LogP contribution in [0.4, 0.5) is 0 Å². The summed E-state index contributed by atoms with van der Waals surface area (Å²) in [6.45, 7) is 2.04. The largest absolute Gasteiger partial charge is 0.472 e. The summed E-state index contributed by atoms with van der Waals surface area (Å²) in [7, 11) is 0. The predicted octanol–water partition coefficient (Wildman–Crippen LogP) is -2.89. The highest BCUT2D eigenvalue weighted by Crippen LogP contribution is 2.51. The Hall–Kier alpha value is -1.31. The molecule has 0 amide bonds. The van der Waals surface area contributed by atoms with Gasteiger partial charge in [-0.3, -0.25) is 4.79 Å². The summed E-state index contributed by atoms with van der Waals surface area (Å²) in [5.41, 5.74) is -3.22. The molecule has 2 fully saturated rings. The molecule has 3 rings (SSSR count). The van der Waals surface area contributed by atoms with Crippen molar-refractivity contribution >= 4 is 5.97 Å². The van der Waals surface area contributed by atoms with E-state index in [1.807, 2.05) is 0 Å². The van der Waals surface area contributed by atoms with Gasteiger partial charge in [-0.05, 0) is 13.0 Å². The summed E-state index contributed by atoms with van der Waals surface area (Å²) in [5, 5.41) is 60.6. The number of carbonyl (C=O) groups excluding carboxylic acids is 1. The van der Waals surface area contributed by atoms with E-state index in [-0.39, 0.29) is 6.42 Å². The van der Waals surface area contributed by atoms with Crippen molar-refractivity contribution in [3.05, 3.63) is 12.3 Å². The van der Waals surface area contributed by atoms with Crippen LogP contribution in [-0.4, -0.2) is 97.5 Å². The maximum absolute atomic E-state index is 11.6. The minimum atomic E-state index is -1.85. The molecule has 160 valence electrons. The van der Waals surface area contributed by atoms with E-state index < -0.39 is 72.8 Å². The highest BCUT2D eigenvalue weighted by Gasteiger charge is 2.66. The Balaban J connectivity index is 1.87. The summed E-state index contributed by atoms with van der Waals surface area (Å²) >= 11 is 0. The highest BCUT2D eigenvalue weighted by molar-refractivity contribution is 5.66. The number of hydrogen-bond donors (Lipinski definition) is 6. The minimum absolute atomic E-state index is 0.101. The lowest BCUT2D eigenvalue weighted by atomic mass is 9.81. The molecule has 1 saturated heterocycles. The molecule has 0 aromatic carbocycles. The molecule has 0 aromatic heterocycles. The van der Waals surface area contributed by atoms with Gasteiger partial charge in [-0.25, -0.2) is 0 Å². The first-order chi connectivity index (χ1) is 13.0. The van der Waals surface area contributed by atoms with E-state index in [0.29, 0.717) is 0 Å². The fraction of sp³-hybridized carbons (Fsp3) is 0.824. The second-order valence-corrected chi connectivity index (χ2v) is 7.63. The molecular formula is C17H26O11. The fourth-order valence-electron chi connectivity index (χ4n) is 4.25. The monoisotopic (exact) mass is 406 g/mol. The third-order valence-corrected chi connectivity index (χ3v) is 5.60.